The van der Waals surface area contributed by atoms with Crippen molar-refractivity contribution in [2.45, 2.75) is 30.9 Å². The van der Waals surface area contributed by atoms with Crippen molar-refractivity contribution in [2.75, 3.05) is 0 Å². The minimum absolute atomic E-state index is 0.501. The van der Waals surface area contributed by atoms with Crippen LogP contribution in [0.3, 0.4) is 0 Å². The van der Waals surface area contributed by atoms with E-state index >= 15 is 0 Å². The van der Waals surface area contributed by atoms with Gasteiger partial charge in [0.25, 0.3) is 11.1 Å². The maximum Gasteiger partial charge on any atom is 0.277 e. The molecule has 9 heteroatoms. The van der Waals surface area contributed by atoms with Gasteiger partial charge >= 0.3 is 0 Å². The molecule has 0 fully saturated rings. The third kappa shape index (κ3) is 2.78. The Hall–Kier alpha value is -2.68. The molecule has 0 aliphatic rings. The van der Waals surface area contributed by atoms with Gasteiger partial charge in [-0.05, 0) is 22.9 Å². The van der Waals surface area contributed by atoms with Gasteiger partial charge < -0.3 is 9.40 Å². The largest absolute Gasteiger partial charge is 0.411 e. The van der Waals surface area contributed by atoms with Gasteiger partial charge in [0.2, 0.25) is 0 Å². The standard InChI is InChI=1S/C15H15N7OS/c1-2-7-22-13(17-20-21-22)9-24-15-19-18-14(23-15)11-8-16-12-6-4-3-5-10(11)12/h3-6,8,16H,2,7,9H2,1H3. The molecular formula is C15H15N7OS. The van der Waals surface area contributed by atoms with Crippen molar-refractivity contribution in [1.82, 2.24) is 35.4 Å². The van der Waals surface area contributed by atoms with E-state index in [0.717, 1.165) is 35.3 Å². The average molecular weight is 341 g/mol. The molecule has 8 nitrogen and oxygen atoms in total. The summed E-state index contributed by atoms with van der Waals surface area (Å²) in [7, 11) is 0. The van der Waals surface area contributed by atoms with E-state index < -0.39 is 0 Å². The molecule has 0 aliphatic carbocycles. The van der Waals surface area contributed by atoms with Crippen LogP contribution in [0.1, 0.15) is 19.2 Å². The fourth-order valence-corrected chi connectivity index (χ4v) is 3.16. The lowest BCUT2D eigenvalue weighted by Crippen LogP contribution is -2.04. The Bertz CT molecular complexity index is 957. The zero-order valence-electron chi connectivity index (χ0n) is 13.0. The monoisotopic (exact) mass is 341 g/mol. The van der Waals surface area contributed by atoms with Crippen LogP contribution >= 0.6 is 11.8 Å². The number of aryl methyl sites for hydroxylation is 1. The van der Waals surface area contributed by atoms with E-state index in [1.54, 1.807) is 4.68 Å². The first kappa shape index (κ1) is 14.9. The fraction of sp³-hybridized carbons (Fsp3) is 0.267. The van der Waals surface area contributed by atoms with Crippen molar-refractivity contribution in [3.05, 3.63) is 36.3 Å². The first-order valence-corrected chi connectivity index (χ1v) is 8.61. The second kappa shape index (κ2) is 6.44. The molecule has 0 unspecified atom stereocenters. The highest BCUT2D eigenvalue weighted by atomic mass is 32.2. The number of hydrogen-bond acceptors (Lipinski definition) is 7. The zero-order chi connectivity index (χ0) is 16.4. The van der Waals surface area contributed by atoms with E-state index in [1.807, 2.05) is 30.5 Å². The number of benzene rings is 1. The van der Waals surface area contributed by atoms with E-state index in [4.69, 9.17) is 4.42 Å². The Morgan fingerprint density at radius 2 is 2.12 bits per heavy atom. The van der Waals surface area contributed by atoms with Gasteiger partial charge in [-0.1, -0.05) is 36.9 Å². The molecule has 122 valence electrons. The molecule has 0 bridgehead atoms. The highest BCUT2D eigenvalue weighted by Crippen LogP contribution is 2.30. The highest BCUT2D eigenvalue weighted by Gasteiger charge is 2.14. The van der Waals surface area contributed by atoms with Crippen molar-refractivity contribution in [1.29, 1.82) is 0 Å². The molecule has 0 saturated heterocycles. The van der Waals surface area contributed by atoms with E-state index in [-0.39, 0.29) is 0 Å². The molecule has 0 aliphatic heterocycles. The van der Waals surface area contributed by atoms with Crippen molar-refractivity contribution in [3.8, 4) is 11.5 Å². The zero-order valence-corrected chi connectivity index (χ0v) is 13.8. The lowest BCUT2D eigenvalue weighted by molar-refractivity contribution is 0.466. The van der Waals surface area contributed by atoms with Gasteiger partial charge in [0.15, 0.2) is 5.82 Å². The summed E-state index contributed by atoms with van der Waals surface area (Å²) >= 11 is 1.43. The first-order valence-electron chi connectivity index (χ1n) is 7.63. The lowest BCUT2D eigenvalue weighted by atomic mass is 10.2. The van der Waals surface area contributed by atoms with E-state index in [9.17, 15) is 0 Å². The van der Waals surface area contributed by atoms with Crippen molar-refractivity contribution in [2.24, 2.45) is 0 Å². The van der Waals surface area contributed by atoms with Crippen LogP contribution in [0.25, 0.3) is 22.4 Å². The van der Waals surface area contributed by atoms with Gasteiger partial charge in [0, 0.05) is 23.6 Å². The number of aromatic amines is 1. The third-order valence-corrected chi connectivity index (χ3v) is 4.41. The van der Waals surface area contributed by atoms with Crippen LogP contribution in [0.5, 0.6) is 0 Å². The molecule has 0 saturated carbocycles. The molecule has 0 radical (unpaired) electrons. The number of thioether (sulfide) groups is 1. The Morgan fingerprint density at radius 3 is 3.04 bits per heavy atom. The summed E-state index contributed by atoms with van der Waals surface area (Å²) in [5.74, 6) is 1.89. The van der Waals surface area contributed by atoms with Crippen molar-refractivity contribution < 1.29 is 4.42 Å². The van der Waals surface area contributed by atoms with E-state index in [2.05, 4.69) is 37.6 Å². The Kier molecular flexibility index (Phi) is 3.99. The van der Waals surface area contributed by atoms with Crippen LogP contribution < -0.4 is 0 Å². The second-order valence-corrected chi connectivity index (χ2v) is 6.15. The molecule has 24 heavy (non-hydrogen) atoms. The molecule has 0 amide bonds. The molecule has 4 rings (SSSR count). The van der Waals surface area contributed by atoms with Crippen molar-refractivity contribution >= 4 is 22.7 Å². The van der Waals surface area contributed by atoms with Crippen LogP contribution in [0.15, 0.2) is 40.1 Å². The van der Waals surface area contributed by atoms with Crippen LogP contribution in [-0.2, 0) is 12.3 Å². The van der Waals surface area contributed by atoms with E-state index in [0.29, 0.717) is 16.9 Å². The quantitative estimate of drug-likeness (QED) is 0.538. The van der Waals surface area contributed by atoms with Crippen LogP contribution in [-0.4, -0.2) is 35.4 Å². The Balaban J connectivity index is 1.52. The van der Waals surface area contributed by atoms with Gasteiger partial charge in [0.1, 0.15) is 0 Å². The predicted molar refractivity (Wildman–Crippen MR) is 89.3 cm³/mol. The summed E-state index contributed by atoms with van der Waals surface area (Å²) < 4.78 is 7.57. The predicted octanol–water partition coefficient (Wildman–Crippen LogP) is 2.91. The third-order valence-electron chi connectivity index (χ3n) is 3.59. The molecule has 1 N–H and O–H groups in total. The summed E-state index contributed by atoms with van der Waals surface area (Å²) in [6, 6.07) is 8.01. The Morgan fingerprint density at radius 1 is 1.21 bits per heavy atom. The number of H-pyrrole nitrogens is 1. The number of tetrazole rings is 1. The molecule has 0 atom stereocenters. The van der Waals surface area contributed by atoms with Gasteiger partial charge in [-0.2, -0.15) is 0 Å². The molecule has 3 heterocycles. The molecule has 3 aromatic heterocycles. The number of rotatable bonds is 6. The second-order valence-electron chi connectivity index (χ2n) is 5.23. The number of fused-ring (bicyclic) bond motifs is 1. The Labute approximate surface area is 141 Å². The maximum absolute atomic E-state index is 5.78. The molecule has 1 aromatic carbocycles. The summed E-state index contributed by atoms with van der Waals surface area (Å²) in [5, 5.41) is 21.5. The number of nitrogens with zero attached hydrogens (tertiary/aromatic N) is 6. The summed E-state index contributed by atoms with van der Waals surface area (Å²) in [6.07, 6.45) is 2.86. The topological polar surface area (TPSA) is 98.3 Å². The van der Waals surface area contributed by atoms with Crippen LogP contribution in [0, 0.1) is 0 Å². The summed E-state index contributed by atoms with van der Waals surface area (Å²) in [4.78, 5) is 3.21. The minimum Gasteiger partial charge on any atom is -0.411 e. The van der Waals surface area contributed by atoms with Crippen LogP contribution in [0.4, 0.5) is 0 Å². The number of para-hydroxylation sites is 1. The SMILES string of the molecule is CCCn1nnnc1CSc1nnc(-c2c[nH]c3ccccc23)o1. The molecule has 0 spiro atoms. The van der Waals surface area contributed by atoms with E-state index in [1.165, 1.54) is 11.8 Å². The van der Waals surface area contributed by atoms with Gasteiger partial charge in [0.05, 0.1) is 11.3 Å². The first-order chi connectivity index (χ1) is 11.8. The van der Waals surface area contributed by atoms with Gasteiger partial charge in [-0.25, -0.2) is 4.68 Å². The number of hydrogen-bond donors (Lipinski definition) is 1. The molecular weight excluding hydrogens is 326 g/mol. The maximum atomic E-state index is 5.78. The van der Waals surface area contributed by atoms with Gasteiger partial charge in [-0.15, -0.1) is 15.3 Å². The van der Waals surface area contributed by atoms with Crippen LogP contribution in [0.2, 0.25) is 0 Å². The smallest absolute Gasteiger partial charge is 0.277 e. The summed E-state index contributed by atoms with van der Waals surface area (Å²) in [5.41, 5.74) is 1.94. The minimum atomic E-state index is 0.501. The molecule has 4 aromatic rings. The van der Waals surface area contributed by atoms with Crippen molar-refractivity contribution in [3.63, 3.8) is 0 Å². The number of nitrogens with one attached hydrogen (secondary N) is 1. The average Bonchev–Trinajstić information content (AvgIpc) is 3.32. The van der Waals surface area contributed by atoms with Gasteiger partial charge in [-0.3, -0.25) is 0 Å². The fourth-order valence-electron chi connectivity index (χ4n) is 2.46. The number of aromatic nitrogens is 7. The lowest BCUT2D eigenvalue weighted by Gasteiger charge is -2.00. The normalized spacial score (nSPS) is 11.4. The summed E-state index contributed by atoms with van der Waals surface area (Å²) in [6.45, 7) is 2.89. The highest BCUT2D eigenvalue weighted by molar-refractivity contribution is 7.98.